The van der Waals surface area contributed by atoms with Crippen LogP contribution < -0.4 is 0 Å². The lowest BCUT2D eigenvalue weighted by Gasteiger charge is -2.21. The number of unbranched alkanes of at least 4 members (excludes halogenated alkanes) is 38. The zero-order valence-corrected chi connectivity index (χ0v) is 64.1. The van der Waals surface area contributed by atoms with E-state index in [1.807, 2.05) is 0 Å². The van der Waals surface area contributed by atoms with Gasteiger partial charge in [0.2, 0.25) is 0 Å². The van der Waals surface area contributed by atoms with Crippen molar-refractivity contribution in [2.45, 2.75) is 401 Å². The molecule has 0 heterocycles. The van der Waals surface area contributed by atoms with Gasteiger partial charge in [0.1, 0.15) is 19.3 Å². The third-order valence-electron chi connectivity index (χ3n) is 17.9. The normalized spacial score (nSPS) is 14.4. The van der Waals surface area contributed by atoms with E-state index < -0.39 is 97.5 Å². The summed E-state index contributed by atoms with van der Waals surface area (Å²) in [6, 6.07) is 0. The molecule has 0 amide bonds. The molecule has 0 aliphatic rings. The smallest absolute Gasteiger partial charge is 0.462 e. The highest BCUT2D eigenvalue weighted by atomic mass is 31.2. The molecular weight excluding hydrogens is 1250 g/mol. The summed E-state index contributed by atoms with van der Waals surface area (Å²) in [7, 11) is -9.91. The summed E-state index contributed by atoms with van der Waals surface area (Å²) in [4.78, 5) is 72.8. The third kappa shape index (κ3) is 69.0. The van der Waals surface area contributed by atoms with Gasteiger partial charge in [-0.1, -0.05) is 331 Å². The number of hydrogen-bond donors (Lipinski definition) is 3. The summed E-state index contributed by atoms with van der Waals surface area (Å²) in [6.07, 6.45) is 49.9. The SMILES string of the molecule is CCC(C)CCCCCCCCCCCCCCCCC(=O)O[C@H](COC(=O)CCCCCCCCCC(C)C)COP(=O)(O)OCC(O)COP(=O)(O)OC[C@@H](COC(=O)CCCCCCCCCCCC(C)C)OC(=O)CCCCCCCCCCCCCCC(C)C. The second-order valence-electron chi connectivity index (χ2n) is 29.1. The summed E-state index contributed by atoms with van der Waals surface area (Å²) < 4.78 is 68.5. The van der Waals surface area contributed by atoms with Crippen molar-refractivity contribution < 1.29 is 80.2 Å². The quantitative estimate of drug-likeness (QED) is 0.0222. The molecule has 564 valence electrons. The van der Waals surface area contributed by atoms with E-state index in [0.29, 0.717) is 31.6 Å². The molecule has 4 unspecified atom stereocenters. The van der Waals surface area contributed by atoms with Gasteiger partial charge in [-0.05, 0) is 49.4 Å². The predicted octanol–water partition coefficient (Wildman–Crippen LogP) is 22.0. The van der Waals surface area contributed by atoms with E-state index in [1.165, 1.54) is 180 Å². The molecule has 0 aromatic heterocycles. The van der Waals surface area contributed by atoms with Crippen LogP contribution >= 0.6 is 15.6 Å². The molecule has 19 heteroatoms. The fraction of sp³-hybridized carbons (Fsp3) is 0.947. The molecule has 3 N–H and O–H groups in total. The molecular formula is C76H148O17P2. The zero-order valence-electron chi connectivity index (χ0n) is 62.3. The maximum absolute atomic E-state index is 13.1. The minimum atomic E-state index is -4.96. The lowest BCUT2D eigenvalue weighted by molar-refractivity contribution is -0.161. The first-order valence-corrected chi connectivity index (χ1v) is 42.2. The Morgan fingerprint density at radius 1 is 0.295 bits per heavy atom. The Morgan fingerprint density at radius 3 is 0.747 bits per heavy atom. The van der Waals surface area contributed by atoms with Crippen molar-refractivity contribution in [3.05, 3.63) is 0 Å². The molecule has 0 spiro atoms. The molecule has 0 saturated carbocycles. The van der Waals surface area contributed by atoms with Crippen molar-refractivity contribution in [3.8, 4) is 0 Å². The van der Waals surface area contributed by atoms with Gasteiger partial charge in [-0.15, -0.1) is 0 Å². The number of carbonyl (C=O) groups excluding carboxylic acids is 4. The van der Waals surface area contributed by atoms with E-state index in [1.54, 1.807) is 0 Å². The van der Waals surface area contributed by atoms with Gasteiger partial charge in [-0.25, -0.2) is 9.13 Å². The molecule has 0 aromatic rings. The van der Waals surface area contributed by atoms with Gasteiger partial charge in [-0.2, -0.15) is 0 Å². The lowest BCUT2D eigenvalue weighted by atomic mass is 9.99. The predicted molar refractivity (Wildman–Crippen MR) is 386 cm³/mol. The first-order chi connectivity index (χ1) is 45.6. The average Bonchev–Trinajstić information content (AvgIpc) is 1.31. The Bertz CT molecular complexity index is 1870. The van der Waals surface area contributed by atoms with Gasteiger partial charge in [-0.3, -0.25) is 37.3 Å². The van der Waals surface area contributed by atoms with Crippen LogP contribution in [0.1, 0.15) is 383 Å². The van der Waals surface area contributed by atoms with Crippen LogP contribution in [0.4, 0.5) is 0 Å². The van der Waals surface area contributed by atoms with Crippen LogP contribution in [0.3, 0.4) is 0 Å². The molecule has 95 heavy (non-hydrogen) atoms. The van der Waals surface area contributed by atoms with Crippen molar-refractivity contribution in [2.24, 2.45) is 23.7 Å². The molecule has 0 aliphatic heterocycles. The van der Waals surface area contributed by atoms with Crippen molar-refractivity contribution in [3.63, 3.8) is 0 Å². The maximum atomic E-state index is 13.1. The second-order valence-corrected chi connectivity index (χ2v) is 32.0. The van der Waals surface area contributed by atoms with Crippen LogP contribution in [0.15, 0.2) is 0 Å². The molecule has 0 aromatic carbocycles. The summed E-state index contributed by atoms with van der Waals surface area (Å²) >= 11 is 0. The minimum Gasteiger partial charge on any atom is -0.462 e. The number of hydrogen-bond acceptors (Lipinski definition) is 15. The number of carbonyl (C=O) groups is 4. The van der Waals surface area contributed by atoms with Crippen LogP contribution in [0.5, 0.6) is 0 Å². The fourth-order valence-corrected chi connectivity index (χ4v) is 13.1. The van der Waals surface area contributed by atoms with Gasteiger partial charge in [0.15, 0.2) is 12.2 Å². The van der Waals surface area contributed by atoms with Crippen molar-refractivity contribution >= 4 is 39.5 Å². The number of aliphatic hydroxyl groups excluding tert-OH is 1. The molecule has 0 bridgehead atoms. The van der Waals surface area contributed by atoms with Gasteiger partial charge in [0.25, 0.3) is 0 Å². The summed E-state index contributed by atoms with van der Waals surface area (Å²) in [6.45, 7) is 14.2. The highest BCUT2D eigenvalue weighted by molar-refractivity contribution is 7.47. The number of esters is 4. The molecule has 0 fully saturated rings. The van der Waals surface area contributed by atoms with E-state index in [2.05, 4.69) is 55.4 Å². The molecule has 6 atom stereocenters. The molecule has 0 radical (unpaired) electrons. The lowest BCUT2D eigenvalue weighted by Crippen LogP contribution is -2.30. The van der Waals surface area contributed by atoms with E-state index in [-0.39, 0.29) is 25.7 Å². The minimum absolute atomic E-state index is 0.106. The molecule has 0 rings (SSSR count). The van der Waals surface area contributed by atoms with Crippen molar-refractivity contribution in [1.29, 1.82) is 0 Å². The summed E-state index contributed by atoms with van der Waals surface area (Å²) in [5.74, 6) is 0.950. The van der Waals surface area contributed by atoms with Gasteiger partial charge in [0.05, 0.1) is 26.4 Å². The van der Waals surface area contributed by atoms with Crippen LogP contribution in [0.2, 0.25) is 0 Å². The van der Waals surface area contributed by atoms with Gasteiger partial charge < -0.3 is 33.8 Å². The highest BCUT2D eigenvalue weighted by Crippen LogP contribution is 2.45. The van der Waals surface area contributed by atoms with Crippen molar-refractivity contribution in [1.82, 2.24) is 0 Å². The summed E-state index contributed by atoms with van der Waals surface area (Å²) in [5.41, 5.74) is 0. The maximum Gasteiger partial charge on any atom is 0.472 e. The number of aliphatic hydroxyl groups is 1. The van der Waals surface area contributed by atoms with Crippen LogP contribution in [0.25, 0.3) is 0 Å². The van der Waals surface area contributed by atoms with Gasteiger partial charge in [0, 0.05) is 25.7 Å². The van der Waals surface area contributed by atoms with E-state index in [9.17, 15) is 43.2 Å². The Balaban J connectivity index is 5.24. The number of ether oxygens (including phenoxy) is 4. The van der Waals surface area contributed by atoms with E-state index in [0.717, 1.165) is 114 Å². The van der Waals surface area contributed by atoms with E-state index >= 15 is 0 Å². The van der Waals surface area contributed by atoms with Crippen molar-refractivity contribution in [2.75, 3.05) is 39.6 Å². The standard InChI is InChI=1S/C76H148O17P2/c1-9-69(8)55-47-39-31-23-17-12-10-11-13-18-24-33-42-50-58-75(80)93-72(63-87-74(79)57-49-41-35-27-30-38-46-54-68(6)7)65-91-95(84,85)89-61-70(77)60-88-94(82,83)90-64-71(62-86-73(78)56-48-40-32-26-20-22-29-37-45-53-67(4)5)92-76(81)59-51-43-34-25-19-15-14-16-21-28-36-44-52-66(2)3/h66-72,77H,9-65H2,1-8H3,(H,82,83)(H,84,85)/t69?,70?,71-,72-/m1/s1. The van der Waals surface area contributed by atoms with Crippen LogP contribution in [-0.2, 0) is 65.4 Å². The fourth-order valence-electron chi connectivity index (χ4n) is 11.5. The first kappa shape index (κ1) is 93.1. The zero-order chi connectivity index (χ0) is 70.3. The molecule has 0 saturated heterocycles. The first-order valence-electron chi connectivity index (χ1n) is 39.2. The van der Waals surface area contributed by atoms with E-state index in [4.69, 9.17) is 37.0 Å². The second kappa shape index (κ2) is 65.4. The monoisotopic (exact) mass is 1400 g/mol. The third-order valence-corrected chi connectivity index (χ3v) is 19.8. The number of phosphoric ester groups is 2. The number of rotatable bonds is 73. The van der Waals surface area contributed by atoms with Crippen LogP contribution in [0, 0.1) is 23.7 Å². The average molecular weight is 1400 g/mol. The van der Waals surface area contributed by atoms with Gasteiger partial charge >= 0.3 is 39.5 Å². The van der Waals surface area contributed by atoms with Crippen LogP contribution in [-0.4, -0.2) is 96.7 Å². The molecule has 0 aliphatic carbocycles. The Kier molecular flexibility index (Phi) is 64.0. The summed E-state index contributed by atoms with van der Waals surface area (Å²) in [5, 5.41) is 10.6. The highest BCUT2D eigenvalue weighted by Gasteiger charge is 2.30. The Morgan fingerprint density at radius 2 is 0.505 bits per heavy atom. The molecule has 17 nitrogen and oxygen atoms in total. The Labute approximate surface area is 581 Å². The largest absolute Gasteiger partial charge is 0.472 e. The number of phosphoric acid groups is 2. The topological polar surface area (TPSA) is 237 Å². The Hall–Kier alpha value is -1.94.